The molecule has 22 nitrogen and oxygen atoms in total. The van der Waals surface area contributed by atoms with Gasteiger partial charge in [-0.15, -0.1) is 12.8 Å². The summed E-state index contributed by atoms with van der Waals surface area (Å²) in [5, 5.41) is 10.8. The molecular weight excluding hydrogens is 1450 g/mol. The summed E-state index contributed by atoms with van der Waals surface area (Å²) in [5.74, 6) is 98.3. The van der Waals surface area contributed by atoms with Crippen molar-refractivity contribution >= 4 is 30.5 Å². The summed E-state index contributed by atoms with van der Waals surface area (Å²) in [6, 6.07) is 17.5. The highest BCUT2D eigenvalue weighted by Gasteiger charge is 2.45. The minimum absolute atomic E-state index is 0.0206. The minimum Gasteiger partial charge on any atom is -0.489 e. The Balaban J connectivity index is 0.947. The Hall–Kier alpha value is -16.5. The number of phosphoric ester groups is 1. The number of hydrogen-bond acceptors (Lipinski definition) is 18. The van der Waals surface area contributed by atoms with Crippen molar-refractivity contribution in [1.29, 1.82) is 5.26 Å². The van der Waals surface area contributed by atoms with Crippen LogP contribution in [-0.4, -0.2) is 68.7 Å². The van der Waals surface area contributed by atoms with Crippen LogP contribution in [0.1, 0.15) is 80.2 Å². The fraction of sp³-hybridized carbons (Fsp3) is 0.211. The van der Waals surface area contributed by atoms with Gasteiger partial charge in [-0.2, -0.15) is 5.26 Å². The van der Waals surface area contributed by atoms with Crippen LogP contribution in [0, 0.1) is 287 Å². The second kappa shape index (κ2) is 47.1. The lowest BCUT2D eigenvalue weighted by molar-refractivity contribution is -0.158. The first-order valence-corrected chi connectivity index (χ1v) is 34.3. The van der Waals surface area contributed by atoms with Crippen LogP contribution < -0.4 is 36.7 Å². The molecule has 4 heterocycles. The van der Waals surface area contributed by atoms with Gasteiger partial charge in [0.1, 0.15) is 55.0 Å². The molecule has 2 aliphatic heterocycles. The second-order valence-electron chi connectivity index (χ2n) is 21.8. The molecule has 2 N–H and O–H groups in total. The van der Waals surface area contributed by atoms with Crippen LogP contribution in [0.2, 0.25) is 0 Å². The van der Waals surface area contributed by atoms with Gasteiger partial charge in [-0.25, -0.2) is 14.2 Å². The number of benzene rings is 3. The summed E-state index contributed by atoms with van der Waals surface area (Å²) in [7, 11) is -4.60. The number of H-pyrrole nitrogens is 2. The fourth-order valence-electron chi connectivity index (χ4n) is 9.21. The number of terminal acetylenes is 2. The molecule has 7 rings (SSSR count). The Morgan fingerprint density at radius 1 is 0.522 bits per heavy atom. The molecular formula is C90H50N5O17P. The number of nitrogens with one attached hydrogen (secondary N) is 2. The lowest BCUT2D eigenvalue weighted by Gasteiger charge is -2.24. The van der Waals surface area contributed by atoms with Gasteiger partial charge in [-0.3, -0.25) is 51.9 Å². The Kier molecular flexibility index (Phi) is 34.9. The van der Waals surface area contributed by atoms with E-state index in [1.807, 2.05) is 30.3 Å². The molecule has 0 spiro atoms. The van der Waals surface area contributed by atoms with E-state index >= 15 is 0 Å². The molecule has 0 bridgehead atoms. The lowest BCUT2D eigenvalue weighted by atomic mass is 10.1. The lowest BCUT2D eigenvalue weighted by Crippen LogP contribution is -2.37. The predicted molar refractivity (Wildman–Crippen MR) is 412 cm³/mol. The van der Waals surface area contributed by atoms with Crippen LogP contribution >= 0.6 is 7.82 Å². The predicted octanol–water partition coefficient (Wildman–Crippen LogP) is 5.30. The summed E-state index contributed by atoms with van der Waals surface area (Å²) >= 11 is 0. The summed E-state index contributed by atoms with van der Waals surface area (Å²) in [6.45, 7) is 3.69. The number of esters is 2. The number of carbonyl (C=O) groups excluding carboxylic acids is 2. The van der Waals surface area contributed by atoms with Crippen molar-refractivity contribution in [1.82, 2.24) is 19.1 Å². The van der Waals surface area contributed by atoms with Crippen LogP contribution in [0.4, 0.5) is 0 Å². The fourth-order valence-corrected chi connectivity index (χ4v) is 10.6. The van der Waals surface area contributed by atoms with Crippen molar-refractivity contribution in [3.05, 3.63) is 131 Å². The third-order valence-corrected chi connectivity index (χ3v) is 15.5. The number of nitriles is 1. The minimum atomic E-state index is -4.60. The largest absolute Gasteiger partial charge is 0.489 e. The first-order valence-electron chi connectivity index (χ1n) is 32.9. The van der Waals surface area contributed by atoms with Gasteiger partial charge in [0.15, 0.2) is 6.23 Å². The van der Waals surface area contributed by atoms with Crippen molar-refractivity contribution in [2.75, 3.05) is 13.2 Å². The van der Waals surface area contributed by atoms with Gasteiger partial charge < -0.3 is 33.2 Å². The number of nitrogens with zero attached hydrogens (tertiary/aromatic N) is 3. The van der Waals surface area contributed by atoms with E-state index in [1.165, 1.54) is 36.9 Å². The number of rotatable bonds is 22. The van der Waals surface area contributed by atoms with Crippen molar-refractivity contribution in [2.45, 2.75) is 109 Å². The van der Waals surface area contributed by atoms with Crippen LogP contribution in [0.5, 0.6) is 17.2 Å². The van der Waals surface area contributed by atoms with Crippen molar-refractivity contribution in [3.63, 3.8) is 0 Å². The maximum Gasteiger partial charge on any atom is 0.475 e. The van der Waals surface area contributed by atoms with E-state index in [0.29, 0.717) is 23.3 Å². The van der Waals surface area contributed by atoms with E-state index in [1.54, 1.807) is 31.2 Å². The van der Waals surface area contributed by atoms with Gasteiger partial charge in [-0.1, -0.05) is 25.1 Å². The molecule has 2 aromatic heterocycles. The van der Waals surface area contributed by atoms with E-state index in [9.17, 15) is 38.6 Å². The number of fused-ring (bicyclic) bond motifs is 1. The Morgan fingerprint density at radius 2 is 0.982 bits per heavy atom. The highest BCUT2D eigenvalue weighted by Crippen LogP contribution is 2.54. The van der Waals surface area contributed by atoms with Crippen molar-refractivity contribution < 1.29 is 60.9 Å². The Bertz CT molecular complexity index is 6270. The smallest absolute Gasteiger partial charge is 0.475 e. The van der Waals surface area contributed by atoms with E-state index in [2.05, 4.69) is 259 Å². The standard InChI is InChI=1S/C90H50N5O17P/c1-6-9-11-13-15-17-19-21-23-25-27-29-31-33-35-37-39-41-43-45-55-103-77-59-73(60-78(62-77)104-56-46-44-42-40-38-36-34-32-30-28-26-24-22-20-18-16-14-12-10-7-2)68-105-76-51-50-74-58-72(48-49-75(74)61-76)67-106-84(96)52-53-85(97)111-82-63-79(109-88(82)95-66-71(5)87(99)93-90(95)101)69-108-113(102,107-57-47-54-91)112-81-64-83(110-80(81)8-3)94-65-70(4)86(98)92-89(94)100/h1-2,48-51,58-62,65-66,79-83,88H,8,47,52-53,57,63-64,67-69H2,3-5H3,(H,92,98,100)(H,93,99,101)/t79-,80+,81?,82-,83+,88+,113?/m0/s1. The zero-order valence-corrected chi connectivity index (χ0v) is 60.7. The number of carbonyl (C=O) groups is 2. The molecule has 2 aliphatic rings. The zero-order chi connectivity index (χ0) is 80.5. The number of ether oxygens (including phenoxy) is 7. The van der Waals surface area contributed by atoms with Crippen LogP contribution in [-0.2, 0) is 59.9 Å². The van der Waals surface area contributed by atoms with E-state index < -0.39 is 98.6 Å². The van der Waals surface area contributed by atoms with Gasteiger partial charge >= 0.3 is 31.1 Å². The number of aromatic amines is 2. The van der Waals surface area contributed by atoms with Crippen LogP contribution in [0.3, 0.4) is 0 Å². The van der Waals surface area contributed by atoms with Gasteiger partial charge in [0, 0.05) is 185 Å². The maximum atomic E-state index is 14.4. The molecule has 0 saturated carbocycles. The molecule has 2 fully saturated rings. The van der Waals surface area contributed by atoms with Crippen molar-refractivity contribution in [2.24, 2.45) is 0 Å². The topological polar surface area (TPSA) is 277 Å². The molecule has 5 aromatic rings. The number of phosphoric acid groups is 1. The second-order valence-corrected chi connectivity index (χ2v) is 23.4. The van der Waals surface area contributed by atoms with Crippen LogP contribution in [0.15, 0.2) is 86.2 Å². The Morgan fingerprint density at radius 3 is 1.48 bits per heavy atom. The maximum absolute atomic E-state index is 14.4. The molecule has 2 saturated heterocycles. The SMILES string of the molecule is C#CC#CC#CC#CC#CC#CC#CC#CC#CC#CC#COc1cc(COc2ccc3cc(COC(=O)CCC(=O)O[C@H]4C[C@@H](COP(=O)(OCCC#N)OC5C[C@H](n6cc(C)c(=O)[nH]c6=O)O[C@@H]5CC)O[C@H]4n4cc(C)c(=O)[nH]c4=O)ccc3c2)cc(OC#CC#CC#CC#CC#CC#CC#CC#CC#CC#CC#C)c1. The van der Waals surface area contributed by atoms with Gasteiger partial charge in [0.2, 0.25) is 0 Å². The normalized spacial score (nSPS) is 14.3. The molecule has 2 unspecified atom stereocenters. The first kappa shape index (κ1) is 83.7. The molecule has 0 radical (unpaired) electrons. The molecule has 0 aliphatic carbocycles. The zero-order valence-electron chi connectivity index (χ0n) is 59.8. The number of aryl methyl sites for hydroxylation is 2. The van der Waals surface area contributed by atoms with Gasteiger partial charge in [0.25, 0.3) is 11.1 Å². The quantitative estimate of drug-likeness (QED) is 0.0385. The summed E-state index contributed by atoms with van der Waals surface area (Å²) in [6.07, 6.45) is 10.3. The third kappa shape index (κ3) is 30.5. The average molecular weight is 1500 g/mol. The monoisotopic (exact) mass is 1500 g/mol. The molecule has 542 valence electrons. The van der Waals surface area contributed by atoms with E-state index in [0.717, 1.165) is 15.3 Å². The average Bonchev–Trinajstić information content (AvgIpc) is 1.66. The summed E-state index contributed by atoms with van der Waals surface area (Å²) < 4.78 is 75.1. The number of hydrogen-bond donors (Lipinski definition) is 2. The molecule has 7 atom stereocenters. The van der Waals surface area contributed by atoms with Crippen molar-refractivity contribution in [3.8, 4) is 285 Å². The first-order chi connectivity index (χ1) is 55.1. The third-order valence-electron chi connectivity index (χ3n) is 14.0. The molecule has 23 heteroatoms. The van der Waals surface area contributed by atoms with E-state index in [4.69, 9.17) is 59.6 Å². The van der Waals surface area contributed by atoms with Gasteiger partial charge in [0.05, 0.1) is 56.9 Å². The Labute approximate surface area is 651 Å². The highest BCUT2D eigenvalue weighted by atomic mass is 31.2. The summed E-state index contributed by atoms with van der Waals surface area (Å²) in [4.78, 5) is 81.5. The molecule has 3 aromatic carbocycles. The number of aromatic nitrogens is 4. The van der Waals surface area contributed by atoms with Gasteiger partial charge in [-0.05, 0) is 167 Å². The summed E-state index contributed by atoms with van der Waals surface area (Å²) in [5.41, 5.74) is -1.31. The van der Waals surface area contributed by atoms with E-state index in [-0.39, 0.29) is 61.7 Å². The van der Waals surface area contributed by atoms with Crippen LogP contribution in [0.25, 0.3) is 10.8 Å². The highest BCUT2D eigenvalue weighted by molar-refractivity contribution is 7.48. The molecule has 0 amide bonds. The molecule has 113 heavy (non-hydrogen) atoms.